The molecule has 0 saturated heterocycles. The molecule has 1 unspecified atom stereocenters. The molecular weight excluding hydrogens is 254 g/mol. The van der Waals surface area contributed by atoms with E-state index in [2.05, 4.69) is 0 Å². The fraction of sp³-hybridized carbons (Fsp3) is 0.500. The molecule has 0 spiro atoms. The lowest BCUT2D eigenvalue weighted by Crippen LogP contribution is -2.06. The molecule has 15 heavy (non-hydrogen) atoms. The van der Waals surface area contributed by atoms with Crippen LogP contribution >= 0.6 is 15.6 Å². The molecular formula is C4H12O9P2. The Bertz CT molecular complexity index is 237. The van der Waals surface area contributed by atoms with E-state index in [4.69, 9.17) is 43.6 Å². The van der Waals surface area contributed by atoms with Crippen molar-refractivity contribution >= 4 is 15.6 Å². The summed E-state index contributed by atoms with van der Waals surface area (Å²) in [5.74, 6) is 0. The van der Waals surface area contributed by atoms with E-state index in [1.54, 1.807) is 6.08 Å². The van der Waals surface area contributed by atoms with E-state index < -0.39 is 15.6 Å². The lowest BCUT2D eigenvalue weighted by Gasteiger charge is -2.06. The van der Waals surface area contributed by atoms with Gasteiger partial charge < -0.3 is 34.5 Å². The summed E-state index contributed by atoms with van der Waals surface area (Å²) in [6.07, 6.45) is 4.47. The molecule has 7 N–H and O–H groups in total. The van der Waals surface area contributed by atoms with Gasteiger partial charge in [-0.2, -0.15) is 0 Å². The molecule has 0 aromatic heterocycles. The topological polar surface area (TPSA) is 176 Å². The molecule has 9 nitrogen and oxygen atoms in total. The number of aliphatic hydroxyl groups is 1. The first-order valence-corrected chi connectivity index (χ1v) is 6.44. The molecule has 0 aromatic rings. The molecule has 1 atom stereocenters. The van der Waals surface area contributed by atoms with Crippen LogP contribution in [0.4, 0.5) is 0 Å². The van der Waals surface area contributed by atoms with Crippen LogP contribution in [0.2, 0.25) is 0 Å². The van der Waals surface area contributed by atoms with Gasteiger partial charge in [-0.3, -0.25) is 0 Å². The van der Waals surface area contributed by atoms with Crippen molar-refractivity contribution in [3.05, 3.63) is 12.2 Å². The molecule has 1 rings (SSSR count). The monoisotopic (exact) mass is 266 g/mol. The van der Waals surface area contributed by atoms with Crippen LogP contribution in [0.15, 0.2) is 12.2 Å². The van der Waals surface area contributed by atoms with Crippen LogP contribution < -0.4 is 0 Å². The Kier molecular flexibility index (Phi) is 8.35. The maximum atomic E-state index is 8.88. The van der Waals surface area contributed by atoms with Gasteiger partial charge in [0, 0.05) is 0 Å². The van der Waals surface area contributed by atoms with Crippen LogP contribution in [-0.2, 0) is 9.13 Å². The molecule has 0 aliphatic heterocycles. The Labute approximate surface area is 84.8 Å². The lowest BCUT2D eigenvalue weighted by molar-refractivity contribution is 0.210. The minimum absolute atomic E-state index is 0.116. The normalized spacial score (nSPS) is 19.0. The largest absolute Gasteiger partial charge is 0.466 e. The highest BCUT2D eigenvalue weighted by Gasteiger charge is 2.01. The van der Waals surface area contributed by atoms with Crippen molar-refractivity contribution in [3.8, 4) is 0 Å². The Hall–Kier alpha value is -0.0800. The number of hydrogen-bond acceptors (Lipinski definition) is 3. The van der Waals surface area contributed by atoms with Crippen molar-refractivity contribution in [2.45, 2.75) is 12.5 Å². The first-order chi connectivity index (χ1) is 6.39. The zero-order chi connectivity index (χ0) is 12.7. The molecule has 0 amide bonds. The quantitative estimate of drug-likeness (QED) is 0.202. The van der Waals surface area contributed by atoms with Crippen LogP contribution in [0.1, 0.15) is 6.42 Å². The van der Waals surface area contributed by atoms with E-state index in [9.17, 15) is 0 Å². The van der Waals surface area contributed by atoms with Crippen molar-refractivity contribution < 1.29 is 43.6 Å². The SMILES string of the molecule is O=P(O)(O)O.O=P(O)(O)O.OC1C=CC1. The van der Waals surface area contributed by atoms with Crippen LogP contribution in [0.3, 0.4) is 0 Å². The van der Waals surface area contributed by atoms with E-state index in [-0.39, 0.29) is 6.10 Å². The Balaban J connectivity index is 0. The number of phosphoric acid groups is 2. The van der Waals surface area contributed by atoms with Crippen molar-refractivity contribution in [2.75, 3.05) is 0 Å². The average Bonchev–Trinajstić information content (AvgIpc) is 1.74. The van der Waals surface area contributed by atoms with Gasteiger partial charge in [-0.1, -0.05) is 12.2 Å². The molecule has 0 aromatic carbocycles. The molecule has 0 bridgehead atoms. The summed E-state index contributed by atoms with van der Waals surface area (Å²) in [4.78, 5) is 43.1. The fourth-order valence-corrected chi connectivity index (χ4v) is 0.258. The highest BCUT2D eigenvalue weighted by Crippen LogP contribution is 2.26. The molecule has 11 heteroatoms. The first kappa shape index (κ1) is 17.3. The van der Waals surface area contributed by atoms with E-state index in [1.807, 2.05) is 6.08 Å². The third kappa shape index (κ3) is 56.4. The zero-order valence-corrected chi connectivity index (χ0v) is 9.07. The number of hydrogen-bond donors (Lipinski definition) is 7. The summed E-state index contributed by atoms with van der Waals surface area (Å²) < 4.78 is 17.8. The van der Waals surface area contributed by atoms with Gasteiger partial charge in [-0.05, 0) is 6.42 Å². The standard InChI is InChI=1S/C4H6O.2H3O4P/c5-4-2-1-3-4;2*1-5(2,3)4/h1-2,4-5H,3H2;2*(H3,1,2,3,4). The Morgan fingerprint density at radius 2 is 1.07 bits per heavy atom. The maximum absolute atomic E-state index is 8.88. The smallest absolute Gasteiger partial charge is 0.389 e. The highest BCUT2D eigenvalue weighted by molar-refractivity contribution is 7.45. The highest BCUT2D eigenvalue weighted by atomic mass is 31.2. The third-order valence-electron chi connectivity index (χ3n) is 0.736. The minimum Gasteiger partial charge on any atom is -0.389 e. The fourth-order valence-electron chi connectivity index (χ4n) is 0.258. The second kappa shape index (κ2) is 7.24. The molecule has 0 radical (unpaired) electrons. The zero-order valence-electron chi connectivity index (χ0n) is 7.28. The van der Waals surface area contributed by atoms with Crippen molar-refractivity contribution in [1.29, 1.82) is 0 Å². The molecule has 0 saturated carbocycles. The summed E-state index contributed by atoms with van der Waals surface area (Å²) in [5, 5.41) is 8.36. The van der Waals surface area contributed by atoms with E-state index in [0.717, 1.165) is 6.42 Å². The van der Waals surface area contributed by atoms with Crippen LogP contribution in [-0.4, -0.2) is 40.6 Å². The second-order valence-corrected chi connectivity index (χ2v) is 4.31. The van der Waals surface area contributed by atoms with Gasteiger partial charge in [0.05, 0.1) is 6.10 Å². The molecule has 1 aliphatic carbocycles. The van der Waals surface area contributed by atoms with Crippen LogP contribution in [0.5, 0.6) is 0 Å². The first-order valence-electron chi connectivity index (χ1n) is 3.31. The number of aliphatic hydroxyl groups excluding tert-OH is 1. The van der Waals surface area contributed by atoms with Crippen molar-refractivity contribution in [1.82, 2.24) is 0 Å². The molecule has 1 aliphatic rings. The van der Waals surface area contributed by atoms with E-state index >= 15 is 0 Å². The molecule has 92 valence electrons. The summed E-state index contributed by atoms with van der Waals surface area (Å²) in [7, 11) is -9.28. The van der Waals surface area contributed by atoms with E-state index in [0.29, 0.717) is 0 Å². The van der Waals surface area contributed by atoms with Crippen molar-refractivity contribution in [2.24, 2.45) is 0 Å². The second-order valence-electron chi connectivity index (χ2n) is 2.26. The average molecular weight is 266 g/mol. The molecule has 0 fully saturated rings. The van der Waals surface area contributed by atoms with Crippen LogP contribution in [0.25, 0.3) is 0 Å². The van der Waals surface area contributed by atoms with Gasteiger partial charge in [0.1, 0.15) is 0 Å². The van der Waals surface area contributed by atoms with Gasteiger partial charge in [0.2, 0.25) is 0 Å². The molecule has 0 heterocycles. The Morgan fingerprint density at radius 3 is 1.07 bits per heavy atom. The summed E-state index contributed by atoms with van der Waals surface area (Å²) in [6, 6.07) is 0. The summed E-state index contributed by atoms with van der Waals surface area (Å²) >= 11 is 0. The van der Waals surface area contributed by atoms with Gasteiger partial charge >= 0.3 is 15.6 Å². The predicted molar refractivity (Wildman–Crippen MR) is 48.3 cm³/mol. The Morgan fingerprint density at radius 1 is 0.933 bits per heavy atom. The van der Waals surface area contributed by atoms with Gasteiger partial charge in [0.15, 0.2) is 0 Å². The van der Waals surface area contributed by atoms with Crippen LogP contribution in [0, 0.1) is 0 Å². The minimum atomic E-state index is -4.64. The number of rotatable bonds is 0. The third-order valence-corrected chi connectivity index (χ3v) is 0.736. The summed E-state index contributed by atoms with van der Waals surface area (Å²) in [5.41, 5.74) is 0. The predicted octanol–water partition coefficient (Wildman–Crippen LogP) is -1.55. The van der Waals surface area contributed by atoms with Crippen molar-refractivity contribution in [3.63, 3.8) is 0 Å². The maximum Gasteiger partial charge on any atom is 0.466 e. The summed E-state index contributed by atoms with van der Waals surface area (Å²) in [6.45, 7) is 0. The van der Waals surface area contributed by atoms with Gasteiger partial charge in [-0.15, -0.1) is 0 Å². The van der Waals surface area contributed by atoms with Gasteiger partial charge in [0.25, 0.3) is 0 Å². The van der Waals surface area contributed by atoms with E-state index in [1.165, 1.54) is 0 Å². The lowest BCUT2D eigenvalue weighted by atomic mass is 10.1. The van der Waals surface area contributed by atoms with Gasteiger partial charge in [-0.25, -0.2) is 9.13 Å².